The van der Waals surface area contributed by atoms with Gasteiger partial charge in [-0.05, 0) is 42.0 Å². The highest BCUT2D eigenvalue weighted by Gasteiger charge is 2.32. The van der Waals surface area contributed by atoms with Gasteiger partial charge in [-0.25, -0.2) is 4.39 Å². The van der Waals surface area contributed by atoms with Gasteiger partial charge in [0.2, 0.25) is 16.7 Å². The third-order valence-electron chi connectivity index (χ3n) is 6.48. The minimum atomic E-state index is -0.434. The number of aromatic nitrogens is 3. The maximum atomic E-state index is 13.4. The fourth-order valence-electron chi connectivity index (χ4n) is 4.64. The molecule has 0 aliphatic carbocycles. The van der Waals surface area contributed by atoms with Crippen molar-refractivity contribution < 1.29 is 18.8 Å². The summed E-state index contributed by atoms with van der Waals surface area (Å²) in [5.74, 6) is 0.566. The smallest absolute Gasteiger partial charge is 0.269 e. The maximum absolute atomic E-state index is 13.4. The van der Waals surface area contributed by atoms with Crippen molar-refractivity contribution in [2.75, 3.05) is 31.1 Å². The third kappa shape index (κ3) is 4.30. The van der Waals surface area contributed by atoms with Crippen molar-refractivity contribution >= 4 is 27.7 Å². The summed E-state index contributed by atoms with van der Waals surface area (Å²) in [6.45, 7) is 2.70. The standard InChI is InChI=1S/C25H21FN6O4S/c26-17-5-9-18(10-6-17)29-11-13-30(14-12-29)21(16-3-7-19(8-4-16)32(34)35)22-24(33)31-25(37-22)27-23(28-31)20-2-1-15-36-20/h1-10,15,21,33H,11-14H2. The molecule has 1 N–H and O–H groups in total. The Hall–Kier alpha value is -4.29. The van der Waals surface area contributed by atoms with Crippen molar-refractivity contribution in [2.24, 2.45) is 0 Å². The fraction of sp³-hybridized carbons (Fsp3) is 0.200. The number of non-ortho nitro benzene ring substituents is 1. The number of thiazole rings is 1. The maximum Gasteiger partial charge on any atom is 0.269 e. The summed E-state index contributed by atoms with van der Waals surface area (Å²) in [5.41, 5.74) is 1.76. The molecule has 6 rings (SSSR count). The van der Waals surface area contributed by atoms with E-state index in [1.165, 1.54) is 46.4 Å². The molecule has 0 amide bonds. The number of hydrogen-bond acceptors (Lipinski definition) is 9. The Balaban J connectivity index is 1.34. The quantitative estimate of drug-likeness (QED) is 0.253. The Morgan fingerprint density at radius 2 is 1.78 bits per heavy atom. The molecule has 1 aliphatic heterocycles. The molecule has 0 radical (unpaired) electrons. The molecule has 1 aliphatic rings. The summed E-state index contributed by atoms with van der Waals surface area (Å²) in [5, 5.41) is 26.9. The normalized spacial score (nSPS) is 15.3. The summed E-state index contributed by atoms with van der Waals surface area (Å²) in [7, 11) is 0. The van der Waals surface area contributed by atoms with Gasteiger partial charge in [0.1, 0.15) is 5.82 Å². The van der Waals surface area contributed by atoms with Crippen LogP contribution in [0.2, 0.25) is 0 Å². The van der Waals surface area contributed by atoms with Crippen LogP contribution in [0.15, 0.2) is 71.3 Å². The van der Waals surface area contributed by atoms with E-state index >= 15 is 0 Å². The van der Waals surface area contributed by atoms with Crippen molar-refractivity contribution in [3.63, 3.8) is 0 Å². The Morgan fingerprint density at radius 3 is 2.41 bits per heavy atom. The first kappa shape index (κ1) is 23.1. The molecular weight excluding hydrogens is 499 g/mol. The number of rotatable bonds is 6. The number of piperazine rings is 1. The lowest BCUT2D eigenvalue weighted by atomic mass is 10.0. The van der Waals surface area contributed by atoms with Crippen LogP contribution >= 0.6 is 11.3 Å². The summed E-state index contributed by atoms with van der Waals surface area (Å²) in [4.78, 5) is 20.9. The van der Waals surface area contributed by atoms with E-state index in [9.17, 15) is 19.6 Å². The lowest BCUT2D eigenvalue weighted by Crippen LogP contribution is -2.47. The number of fused-ring (bicyclic) bond motifs is 1. The Kier molecular flexibility index (Phi) is 5.81. The third-order valence-corrected chi connectivity index (χ3v) is 7.55. The highest BCUT2D eigenvalue weighted by Crippen LogP contribution is 2.41. The molecule has 2 aromatic carbocycles. The van der Waals surface area contributed by atoms with Crippen LogP contribution < -0.4 is 4.90 Å². The number of anilines is 1. The molecule has 0 bridgehead atoms. The molecule has 188 valence electrons. The average molecular weight is 521 g/mol. The zero-order valence-electron chi connectivity index (χ0n) is 19.4. The molecule has 37 heavy (non-hydrogen) atoms. The van der Waals surface area contributed by atoms with Gasteiger partial charge < -0.3 is 14.4 Å². The van der Waals surface area contributed by atoms with Crippen molar-refractivity contribution in [2.45, 2.75) is 6.04 Å². The van der Waals surface area contributed by atoms with Crippen LogP contribution in [-0.4, -0.2) is 55.7 Å². The predicted octanol–water partition coefficient (Wildman–Crippen LogP) is 4.72. The lowest BCUT2D eigenvalue weighted by Gasteiger charge is -2.40. The second kappa shape index (κ2) is 9.30. The van der Waals surface area contributed by atoms with Gasteiger partial charge in [0, 0.05) is 44.0 Å². The Morgan fingerprint density at radius 1 is 1.05 bits per heavy atom. The number of nitrogens with zero attached hydrogens (tertiary/aromatic N) is 6. The van der Waals surface area contributed by atoms with Crippen molar-refractivity contribution in [1.82, 2.24) is 19.5 Å². The molecule has 1 unspecified atom stereocenters. The average Bonchev–Trinajstić information content (AvgIpc) is 3.65. The Bertz CT molecular complexity index is 1540. The topological polar surface area (TPSA) is 113 Å². The highest BCUT2D eigenvalue weighted by atomic mass is 32.1. The minimum Gasteiger partial charge on any atom is -0.492 e. The van der Waals surface area contributed by atoms with Crippen molar-refractivity contribution in [3.05, 3.63) is 93.3 Å². The fourth-order valence-corrected chi connectivity index (χ4v) is 5.75. The lowest BCUT2D eigenvalue weighted by molar-refractivity contribution is -0.384. The molecule has 0 saturated carbocycles. The first-order valence-corrected chi connectivity index (χ1v) is 12.4. The van der Waals surface area contributed by atoms with E-state index < -0.39 is 4.92 Å². The number of nitro groups is 1. The second-order valence-electron chi connectivity index (χ2n) is 8.65. The van der Waals surface area contributed by atoms with E-state index in [4.69, 9.17) is 4.42 Å². The van der Waals surface area contributed by atoms with Gasteiger partial charge in [-0.3, -0.25) is 15.0 Å². The van der Waals surface area contributed by atoms with Crippen LogP contribution in [0.4, 0.5) is 15.8 Å². The van der Waals surface area contributed by atoms with E-state index in [2.05, 4.69) is 19.9 Å². The summed E-state index contributed by atoms with van der Waals surface area (Å²) in [6.07, 6.45) is 1.53. The molecule has 4 heterocycles. The highest BCUT2D eigenvalue weighted by molar-refractivity contribution is 7.17. The summed E-state index contributed by atoms with van der Waals surface area (Å²) < 4.78 is 20.1. The van der Waals surface area contributed by atoms with Gasteiger partial charge in [-0.15, -0.1) is 5.10 Å². The SMILES string of the molecule is O=[N+]([O-])c1ccc(C(c2sc3nc(-c4ccco4)nn3c2O)N2CCN(c3ccc(F)cc3)CC2)cc1. The molecule has 1 saturated heterocycles. The molecule has 10 nitrogen and oxygen atoms in total. The zero-order chi connectivity index (χ0) is 25.5. The first-order valence-electron chi connectivity index (χ1n) is 11.6. The number of nitro benzene ring substituents is 1. The van der Waals surface area contributed by atoms with Gasteiger partial charge in [0.15, 0.2) is 5.76 Å². The van der Waals surface area contributed by atoms with Gasteiger partial charge in [-0.2, -0.15) is 9.50 Å². The minimum absolute atomic E-state index is 0.00131. The molecule has 1 atom stereocenters. The largest absolute Gasteiger partial charge is 0.492 e. The molecule has 12 heteroatoms. The predicted molar refractivity (Wildman–Crippen MR) is 135 cm³/mol. The van der Waals surface area contributed by atoms with Crippen molar-refractivity contribution in [3.8, 4) is 17.5 Å². The van der Waals surface area contributed by atoms with Crippen LogP contribution in [0.5, 0.6) is 5.88 Å². The number of benzene rings is 2. The van der Waals surface area contributed by atoms with Crippen LogP contribution in [-0.2, 0) is 0 Å². The van der Waals surface area contributed by atoms with E-state index in [1.54, 1.807) is 36.4 Å². The van der Waals surface area contributed by atoms with Crippen LogP contribution in [0.3, 0.4) is 0 Å². The molecule has 1 fully saturated rings. The molecule has 5 aromatic rings. The van der Waals surface area contributed by atoms with Crippen LogP contribution in [0.25, 0.3) is 16.5 Å². The zero-order valence-corrected chi connectivity index (χ0v) is 20.2. The molecule has 3 aromatic heterocycles. The first-order chi connectivity index (χ1) is 18.0. The van der Waals surface area contributed by atoms with Gasteiger partial charge in [0.05, 0.1) is 22.1 Å². The van der Waals surface area contributed by atoms with Gasteiger partial charge in [0.25, 0.3) is 5.69 Å². The summed E-state index contributed by atoms with van der Waals surface area (Å²) in [6, 6.07) is 15.9. The van der Waals surface area contributed by atoms with Crippen molar-refractivity contribution in [1.29, 1.82) is 0 Å². The number of hydrogen-bond donors (Lipinski definition) is 1. The number of aromatic hydroxyl groups is 1. The second-order valence-corrected chi connectivity index (χ2v) is 9.66. The van der Waals surface area contributed by atoms with E-state index in [0.717, 1.165) is 11.3 Å². The van der Waals surface area contributed by atoms with E-state index in [1.807, 2.05) is 0 Å². The van der Waals surface area contributed by atoms with Crippen LogP contribution in [0, 0.1) is 15.9 Å². The number of halogens is 1. The molecule has 0 spiro atoms. The monoisotopic (exact) mass is 520 g/mol. The Labute approximate surface area is 214 Å². The van der Waals surface area contributed by atoms with Gasteiger partial charge >= 0.3 is 0 Å². The molecular formula is C25H21FN6O4S. The van der Waals surface area contributed by atoms with Gasteiger partial charge in [-0.1, -0.05) is 23.5 Å². The van der Waals surface area contributed by atoms with E-state index in [-0.39, 0.29) is 23.4 Å². The van der Waals surface area contributed by atoms with E-state index in [0.29, 0.717) is 47.6 Å². The number of furan rings is 1. The summed E-state index contributed by atoms with van der Waals surface area (Å²) >= 11 is 1.31. The van der Waals surface area contributed by atoms with Crippen LogP contribution in [0.1, 0.15) is 16.5 Å².